The molecule has 0 aromatic heterocycles. The number of nitrogens with zero attached hydrogens (tertiary/aromatic N) is 1. The van der Waals surface area contributed by atoms with Crippen LogP contribution in [0.3, 0.4) is 0 Å². The molecule has 0 aliphatic heterocycles. The van der Waals surface area contributed by atoms with E-state index in [1.807, 2.05) is 0 Å². The van der Waals surface area contributed by atoms with Gasteiger partial charge in [-0.05, 0) is 32.1 Å². The number of rotatable bonds is 7. The van der Waals surface area contributed by atoms with Gasteiger partial charge in [-0.15, -0.1) is 0 Å². The summed E-state index contributed by atoms with van der Waals surface area (Å²) in [5.74, 6) is 0.891. The maximum Gasteiger partial charge on any atom is 0.0388 e. The van der Waals surface area contributed by atoms with Gasteiger partial charge in [-0.1, -0.05) is 33.6 Å². The number of hydrogen-bond acceptors (Lipinski definition) is 1. The highest BCUT2D eigenvalue weighted by Crippen LogP contribution is 2.11. The lowest BCUT2D eigenvalue weighted by molar-refractivity contribution is 0.473. The van der Waals surface area contributed by atoms with Crippen molar-refractivity contribution in [1.82, 2.24) is 0 Å². The summed E-state index contributed by atoms with van der Waals surface area (Å²) in [6, 6.07) is 0. The fourth-order valence-corrected chi connectivity index (χ4v) is 1.46. The van der Waals surface area contributed by atoms with Crippen molar-refractivity contribution >= 4 is 5.71 Å². The normalized spacial score (nSPS) is 14.6. The largest absolute Gasteiger partial charge is 0.294 e. The van der Waals surface area contributed by atoms with Gasteiger partial charge >= 0.3 is 0 Å². The molecule has 0 amide bonds. The number of aliphatic imine (C=N–C) groups is 1. The minimum absolute atomic E-state index is 0.891. The quantitative estimate of drug-likeness (QED) is 0.416. The Morgan fingerprint density at radius 2 is 1.92 bits per heavy atom. The molecule has 0 bridgehead atoms. The molecule has 0 fully saturated rings. The van der Waals surface area contributed by atoms with E-state index in [4.69, 9.17) is 0 Å². The van der Waals surface area contributed by atoms with Crippen molar-refractivity contribution in [2.24, 2.45) is 10.9 Å². The van der Waals surface area contributed by atoms with E-state index in [2.05, 4.69) is 32.7 Å². The van der Waals surface area contributed by atoms with Crippen LogP contribution in [0.2, 0.25) is 0 Å². The van der Waals surface area contributed by atoms with Crippen LogP contribution in [0.25, 0.3) is 0 Å². The molecular weight excluding hydrogens is 158 g/mol. The summed E-state index contributed by atoms with van der Waals surface area (Å²) >= 11 is 0. The molecule has 0 N–H and O–H groups in total. The van der Waals surface area contributed by atoms with Gasteiger partial charge in [-0.25, -0.2) is 0 Å². The van der Waals surface area contributed by atoms with Crippen molar-refractivity contribution in [2.75, 3.05) is 6.54 Å². The minimum atomic E-state index is 0.891. The van der Waals surface area contributed by atoms with Crippen LogP contribution < -0.4 is 0 Å². The van der Waals surface area contributed by atoms with Crippen molar-refractivity contribution in [3.05, 3.63) is 0 Å². The highest BCUT2D eigenvalue weighted by atomic mass is 14.7. The van der Waals surface area contributed by atoms with E-state index >= 15 is 0 Å². The molecule has 0 heterocycles. The van der Waals surface area contributed by atoms with Crippen molar-refractivity contribution in [2.45, 2.75) is 59.8 Å². The first-order chi connectivity index (χ1) is 6.20. The summed E-state index contributed by atoms with van der Waals surface area (Å²) in [5, 5.41) is 0. The van der Waals surface area contributed by atoms with Crippen LogP contribution in [0.1, 0.15) is 59.8 Å². The average Bonchev–Trinajstić information content (AvgIpc) is 2.12. The van der Waals surface area contributed by atoms with Gasteiger partial charge in [-0.3, -0.25) is 4.99 Å². The van der Waals surface area contributed by atoms with Gasteiger partial charge in [-0.2, -0.15) is 0 Å². The highest BCUT2D eigenvalue weighted by molar-refractivity contribution is 5.81. The lowest BCUT2D eigenvalue weighted by Gasteiger charge is -2.07. The maximum atomic E-state index is 4.49. The number of hydrogen-bond donors (Lipinski definition) is 0. The van der Waals surface area contributed by atoms with Crippen LogP contribution in [-0.2, 0) is 0 Å². The third-order valence-corrected chi connectivity index (χ3v) is 2.53. The van der Waals surface area contributed by atoms with E-state index in [1.165, 1.54) is 31.4 Å². The Balaban J connectivity index is 3.34. The molecule has 0 radical (unpaired) electrons. The van der Waals surface area contributed by atoms with Gasteiger partial charge in [0, 0.05) is 12.3 Å². The van der Waals surface area contributed by atoms with Gasteiger partial charge in [0.25, 0.3) is 0 Å². The van der Waals surface area contributed by atoms with Gasteiger partial charge in [0.1, 0.15) is 0 Å². The summed E-state index contributed by atoms with van der Waals surface area (Å²) in [7, 11) is 0. The average molecular weight is 183 g/mol. The van der Waals surface area contributed by atoms with Crippen molar-refractivity contribution in [1.29, 1.82) is 0 Å². The molecule has 1 heteroatoms. The van der Waals surface area contributed by atoms with Gasteiger partial charge in [0.15, 0.2) is 0 Å². The Morgan fingerprint density at radius 1 is 1.23 bits per heavy atom. The van der Waals surface area contributed by atoms with Crippen molar-refractivity contribution < 1.29 is 0 Å². The smallest absolute Gasteiger partial charge is 0.0388 e. The lowest BCUT2D eigenvalue weighted by Crippen LogP contribution is -1.96. The van der Waals surface area contributed by atoms with Gasteiger partial charge < -0.3 is 0 Å². The van der Waals surface area contributed by atoms with Crippen LogP contribution in [0.5, 0.6) is 0 Å². The zero-order valence-corrected chi connectivity index (χ0v) is 9.77. The molecule has 0 saturated carbocycles. The SMILES string of the molecule is CCCC(C)CCCN=C(C)CC. The predicted molar refractivity (Wildman–Crippen MR) is 61.6 cm³/mol. The monoisotopic (exact) mass is 183 g/mol. The first-order valence-electron chi connectivity index (χ1n) is 5.70. The summed E-state index contributed by atoms with van der Waals surface area (Å²) < 4.78 is 0. The van der Waals surface area contributed by atoms with Crippen LogP contribution >= 0.6 is 0 Å². The Bertz CT molecular complexity index is 138. The molecule has 0 aromatic rings. The van der Waals surface area contributed by atoms with Gasteiger partial charge in [0.2, 0.25) is 0 Å². The molecule has 1 atom stereocenters. The van der Waals surface area contributed by atoms with Crippen molar-refractivity contribution in [3.8, 4) is 0 Å². The summed E-state index contributed by atoms with van der Waals surface area (Å²) in [6.07, 6.45) is 6.40. The molecule has 0 saturated heterocycles. The lowest BCUT2D eigenvalue weighted by atomic mass is 10.0. The van der Waals surface area contributed by atoms with Crippen LogP contribution in [0.15, 0.2) is 4.99 Å². The third kappa shape index (κ3) is 8.01. The van der Waals surface area contributed by atoms with Crippen molar-refractivity contribution in [3.63, 3.8) is 0 Å². The van der Waals surface area contributed by atoms with Crippen LogP contribution in [0.4, 0.5) is 0 Å². The summed E-state index contributed by atoms with van der Waals surface area (Å²) in [6.45, 7) is 9.93. The molecule has 0 aliphatic carbocycles. The Kier molecular flexibility index (Phi) is 8.07. The fraction of sp³-hybridized carbons (Fsp3) is 0.917. The topological polar surface area (TPSA) is 12.4 Å². The van der Waals surface area contributed by atoms with Gasteiger partial charge in [0.05, 0.1) is 0 Å². The molecule has 78 valence electrons. The third-order valence-electron chi connectivity index (χ3n) is 2.53. The molecule has 0 spiro atoms. The molecule has 1 unspecified atom stereocenters. The second kappa shape index (κ2) is 8.28. The predicted octanol–water partition coefficient (Wildman–Crippen LogP) is 4.07. The molecular formula is C12H25N. The summed E-state index contributed by atoms with van der Waals surface area (Å²) in [4.78, 5) is 4.49. The Morgan fingerprint density at radius 3 is 2.46 bits per heavy atom. The van der Waals surface area contributed by atoms with Crippen LogP contribution in [0, 0.1) is 5.92 Å². The molecule has 13 heavy (non-hydrogen) atoms. The second-order valence-electron chi connectivity index (χ2n) is 4.01. The standard InChI is InChI=1S/C12H25N/c1-5-8-11(3)9-7-10-13-12(4)6-2/h11H,5-10H2,1-4H3. The van der Waals surface area contributed by atoms with E-state index in [0.717, 1.165) is 18.9 Å². The van der Waals surface area contributed by atoms with E-state index in [0.29, 0.717) is 0 Å². The molecule has 0 aromatic carbocycles. The van der Waals surface area contributed by atoms with Crippen LogP contribution in [-0.4, -0.2) is 12.3 Å². The minimum Gasteiger partial charge on any atom is -0.294 e. The fourth-order valence-electron chi connectivity index (χ4n) is 1.46. The van der Waals surface area contributed by atoms with E-state index < -0.39 is 0 Å². The molecule has 1 nitrogen and oxygen atoms in total. The first-order valence-corrected chi connectivity index (χ1v) is 5.70. The van der Waals surface area contributed by atoms with E-state index in [1.54, 1.807) is 0 Å². The highest BCUT2D eigenvalue weighted by Gasteiger charge is 1.99. The molecule has 0 rings (SSSR count). The zero-order valence-electron chi connectivity index (χ0n) is 9.77. The second-order valence-corrected chi connectivity index (χ2v) is 4.01. The Labute approximate surface area is 83.6 Å². The maximum absolute atomic E-state index is 4.49. The molecule has 0 aliphatic rings. The zero-order chi connectivity index (χ0) is 10.1. The summed E-state index contributed by atoms with van der Waals surface area (Å²) in [5.41, 5.74) is 1.29. The first kappa shape index (κ1) is 12.7. The van der Waals surface area contributed by atoms with E-state index in [-0.39, 0.29) is 0 Å². The Hall–Kier alpha value is -0.330. The van der Waals surface area contributed by atoms with E-state index in [9.17, 15) is 0 Å².